The number of hydrogen-bond acceptors (Lipinski definition) is 9. The standard InChI is InChI=1S/C25H24F5N7O6/c26-13-7-32-25(33-8-13)36-18-3-12(4-19-16(18)9-34-37-19)22(41)31-10-20(38)35-17(6-21(39)40)11-1-14(42-23(27)28)5-15(2-11)43-24(29)30/h1-5,9,13,17,23-24H,6-8,10H2,(H,31,41)(H,34,37)(H,35,38)(H,39,40)(H2,32,33,36)/t17-/m0/s1. The lowest BCUT2D eigenvalue weighted by atomic mass is 10.0. The summed E-state index contributed by atoms with van der Waals surface area (Å²) in [6.45, 7) is -7.32. The van der Waals surface area contributed by atoms with Crippen LogP contribution in [0.5, 0.6) is 11.5 Å². The predicted octanol–water partition coefficient (Wildman–Crippen LogP) is 2.54. The number of alkyl halides is 5. The topological polar surface area (TPSA) is 179 Å². The number of carboxylic acid groups (broad SMARTS) is 1. The molecular weight excluding hydrogens is 589 g/mol. The minimum atomic E-state index is -3.33. The van der Waals surface area contributed by atoms with Gasteiger partial charge in [0, 0.05) is 17.0 Å². The van der Waals surface area contributed by atoms with Gasteiger partial charge in [-0.05, 0) is 29.8 Å². The van der Waals surface area contributed by atoms with E-state index in [4.69, 9.17) is 0 Å². The summed E-state index contributed by atoms with van der Waals surface area (Å²) >= 11 is 0. The first kappa shape index (κ1) is 30.8. The summed E-state index contributed by atoms with van der Waals surface area (Å²) in [6.07, 6.45) is -0.422. The summed E-state index contributed by atoms with van der Waals surface area (Å²) in [5.74, 6) is -3.97. The fourth-order valence-corrected chi connectivity index (χ4v) is 4.09. The molecule has 1 aromatic heterocycles. The lowest BCUT2D eigenvalue weighted by Crippen LogP contribution is -2.41. The van der Waals surface area contributed by atoms with Crippen LogP contribution in [0, 0.1) is 0 Å². The number of fused-ring (bicyclic) bond motifs is 1. The number of aliphatic carboxylic acids is 1. The quantitative estimate of drug-likeness (QED) is 0.168. The molecule has 0 radical (unpaired) electrons. The van der Waals surface area contributed by atoms with E-state index in [0.29, 0.717) is 16.6 Å². The van der Waals surface area contributed by atoms with Crippen molar-refractivity contribution in [3.63, 3.8) is 0 Å². The van der Waals surface area contributed by atoms with Gasteiger partial charge >= 0.3 is 19.2 Å². The number of aromatic amines is 1. The van der Waals surface area contributed by atoms with Crippen molar-refractivity contribution in [2.75, 3.05) is 25.0 Å². The van der Waals surface area contributed by atoms with Gasteiger partial charge in [0.05, 0.1) is 49.5 Å². The van der Waals surface area contributed by atoms with Crippen LogP contribution in [0.25, 0.3) is 10.9 Å². The highest BCUT2D eigenvalue weighted by molar-refractivity contribution is 6.07. The second kappa shape index (κ2) is 13.7. The minimum absolute atomic E-state index is 0.0443. The van der Waals surface area contributed by atoms with Gasteiger partial charge < -0.3 is 35.8 Å². The molecule has 0 bridgehead atoms. The Kier molecular flexibility index (Phi) is 9.79. The molecule has 0 saturated carbocycles. The van der Waals surface area contributed by atoms with Gasteiger partial charge in [0.15, 0.2) is 5.96 Å². The highest BCUT2D eigenvalue weighted by Gasteiger charge is 2.23. The Morgan fingerprint density at radius 1 is 1.05 bits per heavy atom. The summed E-state index contributed by atoms with van der Waals surface area (Å²) < 4.78 is 72.9. The number of carboxylic acids is 1. The van der Waals surface area contributed by atoms with Crippen LogP contribution < -0.4 is 30.7 Å². The van der Waals surface area contributed by atoms with E-state index in [1.807, 2.05) is 0 Å². The smallest absolute Gasteiger partial charge is 0.387 e. The van der Waals surface area contributed by atoms with E-state index in [1.54, 1.807) is 0 Å². The van der Waals surface area contributed by atoms with Gasteiger partial charge in [-0.2, -0.15) is 22.7 Å². The van der Waals surface area contributed by atoms with E-state index in [9.17, 15) is 41.4 Å². The van der Waals surface area contributed by atoms with Gasteiger partial charge in [-0.3, -0.25) is 19.5 Å². The molecule has 43 heavy (non-hydrogen) atoms. The predicted molar refractivity (Wildman–Crippen MR) is 140 cm³/mol. The first-order chi connectivity index (χ1) is 20.5. The SMILES string of the molecule is O=C(O)C[C@H](NC(=O)CNC(=O)c1cc(NC2=NCC(F)CN2)c2cn[nH]c2c1)c1cc(OC(F)F)cc(OC(F)F)c1. The Morgan fingerprint density at radius 3 is 2.35 bits per heavy atom. The molecule has 2 heterocycles. The van der Waals surface area contributed by atoms with Crippen molar-refractivity contribution in [3.8, 4) is 11.5 Å². The third-order valence-corrected chi connectivity index (χ3v) is 5.89. The number of ether oxygens (including phenoxy) is 2. The molecule has 1 unspecified atom stereocenters. The minimum Gasteiger partial charge on any atom is -0.481 e. The van der Waals surface area contributed by atoms with E-state index in [2.05, 4.69) is 45.9 Å². The molecule has 0 fully saturated rings. The van der Waals surface area contributed by atoms with Crippen LogP contribution in [0.3, 0.4) is 0 Å². The Balaban J connectivity index is 1.47. The third-order valence-electron chi connectivity index (χ3n) is 5.89. The molecule has 4 rings (SSSR count). The van der Waals surface area contributed by atoms with E-state index >= 15 is 0 Å². The van der Waals surface area contributed by atoms with Gasteiger partial charge in [0.2, 0.25) is 5.91 Å². The zero-order valence-corrected chi connectivity index (χ0v) is 21.9. The molecule has 3 aromatic rings. The first-order valence-corrected chi connectivity index (χ1v) is 12.5. The average molecular weight is 614 g/mol. The second-order valence-corrected chi connectivity index (χ2v) is 9.04. The number of H-pyrrole nitrogens is 1. The monoisotopic (exact) mass is 613 g/mol. The number of hydrogen-bond donors (Lipinski definition) is 6. The van der Waals surface area contributed by atoms with Gasteiger partial charge in [-0.1, -0.05) is 0 Å². The van der Waals surface area contributed by atoms with Crippen LogP contribution in [0.1, 0.15) is 28.4 Å². The highest BCUT2D eigenvalue weighted by atomic mass is 19.3. The molecule has 1 aliphatic heterocycles. The van der Waals surface area contributed by atoms with Crippen LogP contribution >= 0.6 is 0 Å². The summed E-state index contributed by atoms with van der Waals surface area (Å²) in [7, 11) is 0. The molecule has 0 aliphatic carbocycles. The van der Waals surface area contributed by atoms with Crippen molar-refractivity contribution in [3.05, 3.63) is 47.7 Å². The number of carbonyl (C=O) groups is 3. The maximum atomic E-state index is 13.4. The van der Waals surface area contributed by atoms with Gasteiger partial charge in [0.1, 0.15) is 17.7 Å². The maximum absolute atomic E-state index is 13.4. The van der Waals surface area contributed by atoms with E-state index in [1.165, 1.54) is 18.3 Å². The lowest BCUT2D eigenvalue weighted by Gasteiger charge is -2.20. The molecule has 230 valence electrons. The molecule has 2 atom stereocenters. The fourth-order valence-electron chi connectivity index (χ4n) is 4.09. The number of carbonyl (C=O) groups excluding carboxylic acids is 2. The van der Waals surface area contributed by atoms with Crippen LogP contribution in [0.2, 0.25) is 0 Å². The molecule has 18 heteroatoms. The van der Waals surface area contributed by atoms with Crippen molar-refractivity contribution in [2.24, 2.45) is 4.99 Å². The summed E-state index contributed by atoms with van der Waals surface area (Å²) in [5.41, 5.74) is 0.751. The number of rotatable bonds is 12. The molecular formula is C25H24F5N7O6. The van der Waals surface area contributed by atoms with Crippen molar-refractivity contribution in [1.82, 2.24) is 26.1 Å². The lowest BCUT2D eigenvalue weighted by molar-refractivity contribution is -0.137. The number of guanidine groups is 1. The fraction of sp³-hybridized carbons (Fsp3) is 0.320. The van der Waals surface area contributed by atoms with Crippen LogP contribution in [0.4, 0.5) is 27.6 Å². The number of aliphatic imine (C=N–C) groups is 1. The molecule has 1 aliphatic rings. The number of nitrogens with one attached hydrogen (secondary N) is 5. The Morgan fingerprint density at radius 2 is 1.74 bits per heavy atom. The van der Waals surface area contributed by atoms with Gasteiger partial charge in [-0.25, -0.2) is 9.38 Å². The summed E-state index contributed by atoms with van der Waals surface area (Å²) in [5, 5.41) is 27.0. The number of halogens is 5. The molecule has 13 nitrogen and oxygen atoms in total. The number of amides is 2. The normalized spacial score (nSPS) is 15.4. The Hall–Kier alpha value is -5.16. The van der Waals surface area contributed by atoms with E-state index < -0.39 is 67.7 Å². The number of benzene rings is 2. The van der Waals surface area contributed by atoms with Crippen molar-refractivity contribution in [2.45, 2.75) is 31.9 Å². The average Bonchev–Trinajstić information content (AvgIpc) is 3.41. The summed E-state index contributed by atoms with van der Waals surface area (Å²) in [6, 6.07) is 4.11. The van der Waals surface area contributed by atoms with Gasteiger partial charge in [-0.15, -0.1) is 0 Å². The Bertz CT molecular complexity index is 1490. The zero-order valence-electron chi connectivity index (χ0n) is 21.9. The first-order valence-electron chi connectivity index (χ1n) is 12.5. The zero-order chi connectivity index (χ0) is 31.1. The summed E-state index contributed by atoms with van der Waals surface area (Å²) in [4.78, 5) is 41.1. The van der Waals surface area contributed by atoms with Crippen LogP contribution in [0.15, 0.2) is 41.5 Å². The second-order valence-electron chi connectivity index (χ2n) is 9.04. The van der Waals surface area contributed by atoms with Crippen molar-refractivity contribution >= 4 is 40.3 Å². The van der Waals surface area contributed by atoms with Crippen molar-refractivity contribution < 1.29 is 50.9 Å². The van der Waals surface area contributed by atoms with Crippen molar-refractivity contribution in [1.29, 1.82) is 0 Å². The number of nitrogens with zero attached hydrogens (tertiary/aromatic N) is 2. The van der Waals surface area contributed by atoms with E-state index in [-0.39, 0.29) is 30.2 Å². The van der Waals surface area contributed by atoms with E-state index in [0.717, 1.165) is 18.2 Å². The molecule has 2 aromatic carbocycles. The molecule has 0 spiro atoms. The maximum Gasteiger partial charge on any atom is 0.387 e. The van der Waals surface area contributed by atoms with Crippen LogP contribution in [-0.4, -0.2) is 78.1 Å². The molecule has 6 N–H and O–H groups in total. The van der Waals surface area contributed by atoms with Gasteiger partial charge in [0.25, 0.3) is 5.91 Å². The largest absolute Gasteiger partial charge is 0.481 e. The highest BCUT2D eigenvalue weighted by Crippen LogP contribution is 2.30. The molecule has 2 amide bonds. The Labute approximate surface area is 238 Å². The number of aromatic nitrogens is 2. The third kappa shape index (κ3) is 8.66. The molecule has 0 saturated heterocycles. The number of anilines is 1. The van der Waals surface area contributed by atoms with Crippen LogP contribution in [-0.2, 0) is 9.59 Å².